The Balaban J connectivity index is 2.72. The van der Waals surface area contributed by atoms with Gasteiger partial charge in [-0.3, -0.25) is 0 Å². The predicted molar refractivity (Wildman–Crippen MR) is 68.2 cm³/mol. The maximum Gasteiger partial charge on any atom is 0.416 e. The summed E-state index contributed by atoms with van der Waals surface area (Å²) < 4.78 is 47.3. The van der Waals surface area contributed by atoms with Crippen LogP contribution in [0, 0.1) is 0 Å². The molecule has 1 atom stereocenters. The Morgan fingerprint density at radius 3 is 2.00 bits per heavy atom. The lowest BCUT2D eigenvalue weighted by Crippen LogP contribution is -2.34. The number of halogens is 3. The molecule has 0 spiro atoms. The van der Waals surface area contributed by atoms with Crippen LogP contribution in [0.1, 0.15) is 24.5 Å². The summed E-state index contributed by atoms with van der Waals surface area (Å²) in [5.41, 5.74) is -1.21. The van der Waals surface area contributed by atoms with Crippen LogP contribution in [0.5, 0.6) is 0 Å². The Labute approximate surface area is 116 Å². The molecular formula is C14H19F3O3. The zero-order chi connectivity index (χ0) is 15.4. The normalized spacial score (nSPS) is 15.4. The van der Waals surface area contributed by atoms with Crippen molar-refractivity contribution < 1.29 is 27.8 Å². The van der Waals surface area contributed by atoms with E-state index < -0.39 is 23.6 Å². The van der Waals surface area contributed by atoms with Gasteiger partial charge in [0.05, 0.1) is 11.2 Å². The van der Waals surface area contributed by atoms with Gasteiger partial charge in [-0.25, -0.2) is 0 Å². The van der Waals surface area contributed by atoms with E-state index in [0.717, 1.165) is 12.1 Å². The molecule has 0 aliphatic rings. The van der Waals surface area contributed by atoms with Crippen molar-refractivity contribution in [1.29, 1.82) is 0 Å². The maximum absolute atomic E-state index is 12.4. The number of rotatable bonds is 6. The van der Waals surface area contributed by atoms with E-state index in [-0.39, 0.29) is 12.8 Å². The Kier molecular flexibility index (Phi) is 5.56. The summed E-state index contributed by atoms with van der Waals surface area (Å²) in [6.45, 7) is 1.59. The van der Waals surface area contributed by atoms with Gasteiger partial charge in [0.15, 0.2) is 6.29 Å². The van der Waals surface area contributed by atoms with Crippen LogP contribution in [-0.4, -0.2) is 31.2 Å². The molecule has 0 radical (unpaired) electrons. The molecule has 0 bridgehead atoms. The van der Waals surface area contributed by atoms with E-state index in [2.05, 4.69) is 0 Å². The van der Waals surface area contributed by atoms with Gasteiger partial charge >= 0.3 is 6.18 Å². The summed E-state index contributed by atoms with van der Waals surface area (Å²) in [5, 5.41) is 10.2. The molecular weight excluding hydrogens is 273 g/mol. The molecule has 1 unspecified atom stereocenters. The molecule has 1 N–H and O–H groups in total. The van der Waals surface area contributed by atoms with E-state index in [4.69, 9.17) is 9.47 Å². The van der Waals surface area contributed by atoms with Gasteiger partial charge in [-0.1, -0.05) is 12.1 Å². The fourth-order valence-corrected chi connectivity index (χ4v) is 1.95. The van der Waals surface area contributed by atoms with E-state index in [1.165, 1.54) is 26.4 Å². The fourth-order valence-electron chi connectivity index (χ4n) is 1.95. The summed E-state index contributed by atoms with van der Waals surface area (Å²) in [6, 6.07) is 4.75. The van der Waals surface area contributed by atoms with Gasteiger partial charge in [-0.15, -0.1) is 0 Å². The molecule has 0 amide bonds. The second kappa shape index (κ2) is 6.56. The van der Waals surface area contributed by atoms with E-state index >= 15 is 0 Å². The van der Waals surface area contributed by atoms with Crippen LogP contribution in [0.4, 0.5) is 13.2 Å². The molecule has 20 heavy (non-hydrogen) atoms. The molecule has 0 saturated heterocycles. The van der Waals surface area contributed by atoms with Crippen molar-refractivity contribution in [3.63, 3.8) is 0 Å². The Morgan fingerprint density at radius 1 is 1.10 bits per heavy atom. The third-order valence-electron chi connectivity index (χ3n) is 3.00. The number of hydrogen-bond acceptors (Lipinski definition) is 3. The number of benzene rings is 1. The van der Waals surface area contributed by atoms with Gasteiger partial charge in [0, 0.05) is 27.1 Å². The number of aliphatic hydroxyl groups is 1. The summed E-state index contributed by atoms with van der Waals surface area (Å²) in [5.74, 6) is 0. The third-order valence-corrected chi connectivity index (χ3v) is 3.00. The zero-order valence-corrected chi connectivity index (χ0v) is 11.7. The Morgan fingerprint density at radius 2 is 1.60 bits per heavy atom. The summed E-state index contributed by atoms with van der Waals surface area (Å²) >= 11 is 0. The maximum atomic E-state index is 12.4. The second-order valence-corrected chi connectivity index (χ2v) is 4.97. The van der Waals surface area contributed by atoms with Crippen LogP contribution in [0.15, 0.2) is 24.3 Å². The van der Waals surface area contributed by atoms with E-state index in [9.17, 15) is 18.3 Å². The first-order valence-corrected chi connectivity index (χ1v) is 6.12. The van der Waals surface area contributed by atoms with Crippen LogP contribution < -0.4 is 0 Å². The number of alkyl halides is 3. The highest BCUT2D eigenvalue weighted by atomic mass is 19.4. The molecule has 1 rings (SSSR count). The van der Waals surface area contributed by atoms with Crippen LogP contribution >= 0.6 is 0 Å². The first-order chi connectivity index (χ1) is 9.18. The molecule has 3 nitrogen and oxygen atoms in total. The van der Waals surface area contributed by atoms with Crippen LogP contribution in [0.2, 0.25) is 0 Å². The monoisotopic (exact) mass is 292 g/mol. The van der Waals surface area contributed by atoms with Gasteiger partial charge in [-0.2, -0.15) is 13.2 Å². The Hall–Kier alpha value is -1.11. The zero-order valence-electron chi connectivity index (χ0n) is 11.7. The molecule has 0 aromatic heterocycles. The van der Waals surface area contributed by atoms with E-state index in [1.807, 2.05) is 0 Å². The van der Waals surface area contributed by atoms with E-state index in [0.29, 0.717) is 5.56 Å². The largest absolute Gasteiger partial charge is 0.416 e. The third kappa shape index (κ3) is 5.11. The van der Waals surface area contributed by atoms with Crippen molar-refractivity contribution in [1.82, 2.24) is 0 Å². The fraction of sp³-hybridized carbons (Fsp3) is 0.571. The van der Waals surface area contributed by atoms with Gasteiger partial charge in [0.2, 0.25) is 0 Å². The van der Waals surface area contributed by atoms with Gasteiger partial charge in [0.1, 0.15) is 0 Å². The molecule has 114 valence electrons. The first kappa shape index (κ1) is 16.9. The highest BCUT2D eigenvalue weighted by molar-refractivity contribution is 5.25. The quantitative estimate of drug-likeness (QED) is 0.819. The van der Waals surface area contributed by atoms with Crippen molar-refractivity contribution in [3.05, 3.63) is 35.4 Å². The summed E-state index contributed by atoms with van der Waals surface area (Å²) in [7, 11) is 2.92. The predicted octanol–water partition coefficient (Wildman–Crippen LogP) is 3.01. The summed E-state index contributed by atoms with van der Waals surface area (Å²) in [4.78, 5) is 0. The minimum absolute atomic E-state index is 0.217. The van der Waals surface area contributed by atoms with Gasteiger partial charge < -0.3 is 14.6 Å². The minimum Gasteiger partial charge on any atom is -0.390 e. The molecule has 1 aromatic carbocycles. The standard InChI is InChI=1S/C14H19F3O3/c1-13(18,9-12(19-2)20-3)8-10-4-6-11(7-5-10)14(15,16)17/h4-7,12,18H,8-9H2,1-3H3. The molecule has 0 aliphatic heterocycles. The molecule has 6 heteroatoms. The van der Waals surface area contributed by atoms with Gasteiger partial charge in [0.25, 0.3) is 0 Å². The highest BCUT2D eigenvalue weighted by Gasteiger charge is 2.31. The lowest BCUT2D eigenvalue weighted by atomic mass is 9.92. The minimum atomic E-state index is -4.35. The number of ether oxygens (including phenoxy) is 2. The topological polar surface area (TPSA) is 38.7 Å². The van der Waals surface area contributed by atoms with Crippen molar-refractivity contribution >= 4 is 0 Å². The average molecular weight is 292 g/mol. The van der Waals surface area contributed by atoms with Crippen molar-refractivity contribution in [3.8, 4) is 0 Å². The summed E-state index contributed by atoms with van der Waals surface area (Å²) in [6.07, 6.45) is -4.47. The molecule has 0 aliphatic carbocycles. The second-order valence-electron chi connectivity index (χ2n) is 4.97. The lowest BCUT2D eigenvalue weighted by molar-refractivity contribution is -0.139. The van der Waals surface area contributed by atoms with Crippen LogP contribution in [-0.2, 0) is 22.1 Å². The number of methoxy groups -OCH3 is 2. The van der Waals surface area contributed by atoms with E-state index in [1.54, 1.807) is 6.92 Å². The highest BCUT2D eigenvalue weighted by Crippen LogP contribution is 2.30. The SMILES string of the molecule is COC(CC(C)(O)Cc1ccc(C(F)(F)F)cc1)OC. The molecule has 0 fully saturated rings. The van der Waals surface area contributed by atoms with Gasteiger partial charge in [-0.05, 0) is 24.6 Å². The molecule has 0 heterocycles. The van der Waals surface area contributed by atoms with Crippen molar-refractivity contribution in [2.24, 2.45) is 0 Å². The average Bonchev–Trinajstić information content (AvgIpc) is 2.35. The number of hydrogen-bond donors (Lipinski definition) is 1. The lowest BCUT2D eigenvalue weighted by Gasteiger charge is -2.27. The van der Waals surface area contributed by atoms with Crippen molar-refractivity contribution in [2.75, 3.05) is 14.2 Å². The Bertz CT molecular complexity index is 409. The smallest absolute Gasteiger partial charge is 0.390 e. The molecule has 1 aromatic rings. The first-order valence-electron chi connectivity index (χ1n) is 6.12. The molecule has 0 saturated carbocycles. The van der Waals surface area contributed by atoms with Crippen LogP contribution in [0.25, 0.3) is 0 Å². The van der Waals surface area contributed by atoms with Crippen molar-refractivity contribution in [2.45, 2.75) is 37.8 Å². The van der Waals surface area contributed by atoms with Crippen LogP contribution in [0.3, 0.4) is 0 Å².